The molecule has 1 aromatic carbocycles. The molecule has 0 bridgehead atoms. The molecule has 1 fully saturated rings. The van der Waals surface area contributed by atoms with Crippen molar-refractivity contribution in [1.29, 1.82) is 0 Å². The van der Waals surface area contributed by atoms with E-state index in [4.69, 9.17) is 4.74 Å². The average molecular weight is 422 g/mol. The molecular weight excluding hydrogens is 390 g/mol. The summed E-state index contributed by atoms with van der Waals surface area (Å²) in [7, 11) is 1.64. The number of ether oxygens (including phenoxy) is 1. The first kappa shape index (κ1) is 21.4. The molecule has 0 aliphatic heterocycles. The molecule has 31 heavy (non-hydrogen) atoms. The van der Waals surface area contributed by atoms with Crippen LogP contribution >= 0.6 is 0 Å². The minimum absolute atomic E-state index is 0.146. The van der Waals surface area contributed by atoms with Crippen LogP contribution in [0, 0.1) is 0 Å². The van der Waals surface area contributed by atoms with E-state index in [1.165, 1.54) is 12.8 Å². The summed E-state index contributed by atoms with van der Waals surface area (Å²) < 4.78 is 8.63. The van der Waals surface area contributed by atoms with Crippen molar-refractivity contribution >= 4 is 11.4 Å². The van der Waals surface area contributed by atoms with E-state index < -0.39 is 0 Å². The summed E-state index contributed by atoms with van der Waals surface area (Å²) in [6, 6.07) is 13.9. The summed E-state index contributed by atoms with van der Waals surface area (Å²) in [5, 5.41) is 3.21. The highest BCUT2D eigenvalue weighted by molar-refractivity contribution is 5.93. The highest BCUT2D eigenvalue weighted by Crippen LogP contribution is 2.22. The largest absolute Gasteiger partial charge is 0.385 e. The van der Waals surface area contributed by atoms with Crippen LogP contribution in [0.25, 0.3) is 16.8 Å². The van der Waals surface area contributed by atoms with Crippen LogP contribution in [0.15, 0.2) is 53.5 Å². The van der Waals surface area contributed by atoms with Crippen LogP contribution in [0.5, 0.6) is 0 Å². The number of benzene rings is 1. The summed E-state index contributed by atoms with van der Waals surface area (Å²) in [4.78, 5) is 26.7. The fourth-order valence-corrected chi connectivity index (χ4v) is 4.50. The van der Waals surface area contributed by atoms with Gasteiger partial charge >= 0.3 is 0 Å². The maximum atomic E-state index is 13.4. The van der Waals surface area contributed by atoms with Crippen LogP contribution in [-0.4, -0.2) is 34.6 Å². The van der Waals surface area contributed by atoms with Gasteiger partial charge in [0.1, 0.15) is 11.2 Å². The number of carbonyl (C=O) groups is 1. The number of aromatic nitrogens is 2. The number of carbonyl (C=O) groups excluding carboxylic acids is 1. The lowest BCUT2D eigenvalue weighted by molar-refractivity contribution is 0.0920. The Kier molecular flexibility index (Phi) is 6.87. The molecule has 0 spiro atoms. The fourth-order valence-electron chi connectivity index (χ4n) is 4.50. The molecule has 1 aliphatic carbocycles. The quantitative estimate of drug-likeness (QED) is 0.458. The lowest BCUT2D eigenvalue weighted by atomic mass is 10.1. The highest BCUT2D eigenvalue weighted by atomic mass is 16.5. The Balaban J connectivity index is 1.75. The number of nitrogens with one attached hydrogen (secondary N) is 1. The van der Waals surface area contributed by atoms with E-state index in [1.807, 2.05) is 53.1 Å². The van der Waals surface area contributed by atoms with Gasteiger partial charge < -0.3 is 19.0 Å². The third-order valence-corrected chi connectivity index (χ3v) is 6.15. The number of hydrogen-bond acceptors (Lipinski definition) is 3. The minimum atomic E-state index is -0.170. The monoisotopic (exact) mass is 421 g/mol. The van der Waals surface area contributed by atoms with Gasteiger partial charge in [0.15, 0.2) is 0 Å². The number of methoxy groups -OCH3 is 1. The number of nitrogens with zero attached hydrogens (tertiary/aromatic N) is 2. The fraction of sp³-hybridized carbons (Fsp3) is 0.440. The molecule has 0 atom stereocenters. The van der Waals surface area contributed by atoms with Crippen molar-refractivity contribution in [2.24, 2.45) is 0 Å². The Labute approximate surface area is 182 Å². The zero-order valence-corrected chi connectivity index (χ0v) is 18.2. The predicted molar refractivity (Wildman–Crippen MR) is 123 cm³/mol. The Bertz CT molecular complexity index is 1080. The Morgan fingerprint density at radius 1 is 1.06 bits per heavy atom. The van der Waals surface area contributed by atoms with Crippen LogP contribution in [0.2, 0.25) is 0 Å². The van der Waals surface area contributed by atoms with Gasteiger partial charge in [0.25, 0.3) is 11.5 Å². The van der Waals surface area contributed by atoms with Gasteiger partial charge in [-0.25, -0.2) is 0 Å². The van der Waals surface area contributed by atoms with Crippen LogP contribution in [0.1, 0.15) is 55.4 Å². The number of fused-ring (bicyclic) bond motifs is 1. The zero-order valence-electron chi connectivity index (χ0n) is 18.2. The lowest BCUT2D eigenvalue weighted by Crippen LogP contribution is -2.39. The Morgan fingerprint density at radius 2 is 1.81 bits per heavy atom. The SMILES string of the molecule is COCCCn1c(C(=O)NC2CCCCCC2)cn2c(-c3ccccc3)ccc2c1=O. The van der Waals surface area contributed by atoms with E-state index in [9.17, 15) is 9.59 Å². The molecular formula is C25H31N3O3. The number of amides is 1. The molecule has 0 saturated heterocycles. The first-order chi connectivity index (χ1) is 15.2. The van der Waals surface area contributed by atoms with Crippen LogP contribution < -0.4 is 10.9 Å². The maximum Gasteiger partial charge on any atom is 0.275 e. The van der Waals surface area contributed by atoms with Crippen molar-refractivity contribution in [3.8, 4) is 11.3 Å². The van der Waals surface area contributed by atoms with Gasteiger partial charge in [-0.3, -0.25) is 9.59 Å². The molecule has 0 unspecified atom stereocenters. The molecule has 3 aromatic rings. The van der Waals surface area contributed by atoms with Crippen LogP contribution in [0.4, 0.5) is 0 Å². The summed E-state index contributed by atoms with van der Waals surface area (Å²) in [6.07, 6.45) is 9.22. The van der Waals surface area contributed by atoms with Gasteiger partial charge in [-0.1, -0.05) is 56.0 Å². The van der Waals surface area contributed by atoms with E-state index in [0.717, 1.165) is 36.9 Å². The Hall–Kier alpha value is -2.86. The highest BCUT2D eigenvalue weighted by Gasteiger charge is 2.21. The Morgan fingerprint density at radius 3 is 2.52 bits per heavy atom. The summed E-state index contributed by atoms with van der Waals surface area (Å²) >= 11 is 0. The van der Waals surface area contributed by atoms with Gasteiger partial charge in [0.05, 0.1) is 5.69 Å². The molecule has 6 heteroatoms. The minimum Gasteiger partial charge on any atom is -0.385 e. The summed E-state index contributed by atoms with van der Waals surface area (Å²) in [5.41, 5.74) is 2.75. The van der Waals surface area contributed by atoms with E-state index in [0.29, 0.717) is 30.8 Å². The molecule has 0 radical (unpaired) electrons. The van der Waals surface area contributed by atoms with E-state index in [2.05, 4.69) is 5.32 Å². The van der Waals surface area contributed by atoms with E-state index in [-0.39, 0.29) is 17.5 Å². The van der Waals surface area contributed by atoms with Crippen molar-refractivity contribution in [1.82, 2.24) is 14.3 Å². The van der Waals surface area contributed by atoms with E-state index in [1.54, 1.807) is 11.7 Å². The van der Waals surface area contributed by atoms with Gasteiger partial charge in [-0.2, -0.15) is 0 Å². The molecule has 1 N–H and O–H groups in total. The van der Waals surface area contributed by atoms with Gasteiger partial charge in [-0.05, 0) is 37.0 Å². The van der Waals surface area contributed by atoms with E-state index >= 15 is 0 Å². The first-order valence-corrected chi connectivity index (χ1v) is 11.3. The van der Waals surface area contributed by atoms with Gasteiger partial charge in [0, 0.05) is 32.5 Å². The molecule has 1 aliphatic rings. The maximum absolute atomic E-state index is 13.4. The smallest absolute Gasteiger partial charge is 0.275 e. The number of rotatable bonds is 7. The molecule has 164 valence electrons. The summed E-state index contributed by atoms with van der Waals surface area (Å²) in [6.45, 7) is 0.986. The molecule has 1 saturated carbocycles. The average Bonchev–Trinajstić information content (AvgIpc) is 3.05. The van der Waals surface area contributed by atoms with Crippen molar-refractivity contribution in [3.05, 3.63) is 64.7 Å². The van der Waals surface area contributed by atoms with Crippen LogP contribution in [-0.2, 0) is 11.3 Å². The van der Waals surface area contributed by atoms with Gasteiger partial charge in [-0.15, -0.1) is 0 Å². The van der Waals surface area contributed by atoms with Crippen molar-refractivity contribution in [2.75, 3.05) is 13.7 Å². The second-order valence-electron chi connectivity index (χ2n) is 8.32. The molecule has 6 nitrogen and oxygen atoms in total. The predicted octanol–water partition coefficient (Wildman–Crippen LogP) is 4.26. The standard InChI is InChI=1S/C25H31N3O3/c1-31-17-9-16-27-23(24(29)26-20-12-7-2-3-8-13-20)18-28-21(14-15-22(28)25(27)30)19-10-5-4-6-11-19/h4-6,10-11,14-15,18,20H,2-3,7-9,12-13,16-17H2,1H3,(H,26,29). The second-order valence-corrected chi connectivity index (χ2v) is 8.32. The van der Waals surface area contributed by atoms with Crippen molar-refractivity contribution in [2.45, 2.75) is 57.5 Å². The van der Waals surface area contributed by atoms with Crippen molar-refractivity contribution in [3.63, 3.8) is 0 Å². The zero-order chi connectivity index (χ0) is 21.6. The molecule has 1 amide bonds. The molecule has 2 aromatic heterocycles. The molecule has 4 rings (SSSR count). The normalized spacial score (nSPS) is 15.1. The third kappa shape index (κ3) is 4.74. The lowest BCUT2D eigenvalue weighted by Gasteiger charge is -2.19. The second kappa shape index (κ2) is 9.96. The molecule has 2 heterocycles. The van der Waals surface area contributed by atoms with Crippen LogP contribution in [0.3, 0.4) is 0 Å². The topological polar surface area (TPSA) is 64.7 Å². The third-order valence-electron chi connectivity index (χ3n) is 6.15. The van der Waals surface area contributed by atoms with Gasteiger partial charge in [0.2, 0.25) is 0 Å². The van der Waals surface area contributed by atoms with Crippen molar-refractivity contribution < 1.29 is 9.53 Å². The summed E-state index contributed by atoms with van der Waals surface area (Å²) in [5.74, 6) is -0.170. The number of hydrogen-bond donors (Lipinski definition) is 1. The first-order valence-electron chi connectivity index (χ1n) is 11.3.